The number of hydrogen-bond acceptors (Lipinski definition) is 1. The van der Waals surface area contributed by atoms with E-state index in [-0.39, 0.29) is 11.3 Å². The summed E-state index contributed by atoms with van der Waals surface area (Å²) in [6, 6.07) is 10.6. The van der Waals surface area contributed by atoms with Crippen LogP contribution in [-0.4, -0.2) is 12.5 Å². The molecule has 1 amide bonds. The fraction of sp³-hybridized carbons (Fsp3) is 0.500. The zero-order valence-corrected chi connectivity index (χ0v) is 9.83. The van der Waals surface area contributed by atoms with Crippen molar-refractivity contribution >= 4 is 5.91 Å². The summed E-state index contributed by atoms with van der Waals surface area (Å²) in [5, 5.41) is 3.03. The minimum absolute atomic E-state index is 0.155. The predicted molar refractivity (Wildman–Crippen MR) is 65.3 cm³/mol. The van der Waals surface area contributed by atoms with Crippen molar-refractivity contribution in [2.24, 2.45) is 0 Å². The van der Waals surface area contributed by atoms with Gasteiger partial charge < -0.3 is 5.32 Å². The van der Waals surface area contributed by atoms with E-state index in [4.69, 9.17) is 0 Å². The number of carbonyl (C=O) groups is 1. The molecule has 0 unspecified atom stereocenters. The highest BCUT2D eigenvalue weighted by molar-refractivity contribution is 5.75. The molecule has 0 bridgehead atoms. The highest BCUT2D eigenvalue weighted by atomic mass is 16.1. The van der Waals surface area contributed by atoms with Crippen molar-refractivity contribution in [1.29, 1.82) is 0 Å². The number of rotatable bonds is 4. The van der Waals surface area contributed by atoms with Crippen molar-refractivity contribution in [2.45, 2.75) is 38.0 Å². The largest absolute Gasteiger partial charge is 0.355 e. The van der Waals surface area contributed by atoms with Gasteiger partial charge in [0.25, 0.3) is 0 Å². The van der Waals surface area contributed by atoms with Crippen molar-refractivity contribution in [3.05, 3.63) is 35.9 Å². The molecule has 0 spiro atoms. The lowest BCUT2D eigenvalue weighted by molar-refractivity contribution is -0.121. The number of carbonyl (C=O) groups excluding carboxylic acids is 1. The molecule has 2 heteroatoms. The molecule has 1 aliphatic rings. The van der Waals surface area contributed by atoms with Crippen LogP contribution in [0.1, 0.15) is 38.2 Å². The number of benzene rings is 1. The van der Waals surface area contributed by atoms with E-state index in [9.17, 15) is 4.79 Å². The van der Waals surface area contributed by atoms with Crippen LogP contribution in [0.25, 0.3) is 0 Å². The Morgan fingerprint density at radius 3 is 2.50 bits per heavy atom. The van der Waals surface area contributed by atoms with Crippen molar-refractivity contribution in [2.75, 3.05) is 6.54 Å². The third kappa shape index (κ3) is 2.11. The second-order valence-electron chi connectivity index (χ2n) is 4.63. The summed E-state index contributed by atoms with van der Waals surface area (Å²) >= 11 is 0. The van der Waals surface area contributed by atoms with Gasteiger partial charge in [-0.15, -0.1) is 0 Å². The van der Waals surface area contributed by atoms with Crippen LogP contribution in [0.5, 0.6) is 0 Å². The van der Waals surface area contributed by atoms with Gasteiger partial charge >= 0.3 is 0 Å². The van der Waals surface area contributed by atoms with Gasteiger partial charge in [-0.2, -0.15) is 0 Å². The lowest BCUT2D eigenvalue weighted by Gasteiger charge is -2.42. The quantitative estimate of drug-likeness (QED) is 0.825. The minimum atomic E-state index is 0.155. The predicted octanol–water partition coefficient (Wildman–Crippen LogP) is 2.63. The first-order chi connectivity index (χ1) is 7.77. The molecule has 1 aromatic carbocycles. The van der Waals surface area contributed by atoms with Crippen LogP contribution in [0, 0.1) is 0 Å². The molecule has 0 atom stereocenters. The molecule has 0 heterocycles. The molecule has 0 aliphatic heterocycles. The van der Waals surface area contributed by atoms with E-state index in [1.165, 1.54) is 24.8 Å². The van der Waals surface area contributed by atoms with Gasteiger partial charge in [-0.3, -0.25) is 4.79 Å². The number of hydrogen-bond donors (Lipinski definition) is 1. The van der Waals surface area contributed by atoms with Crippen LogP contribution >= 0.6 is 0 Å². The van der Waals surface area contributed by atoms with Crippen LogP contribution in [0.2, 0.25) is 0 Å². The Morgan fingerprint density at radius 2 is 2.00 bits per heavy atom. The minimum Gasteiger partial charge on any atom is -0.355 e. The second kappa shape index (κ2) is 4.69. The summed E-state index contributed by atoms with van der Waals surface area (Å²) < 4.78 is 0. The van der Waals surface area contributed by atoms with Gasteiger partial charge in [0.05, 0.1) is 0 Å². The van der Waals surface area contributed by atoms with Gasteiger partial charge in [0.15, 0.2) is 0 Å². The van der Waals surface area contributed by atoms with E-state index in [2.05, 4.69) is 29.6 Å². The Balaban J connectivity index is 2.06. The first-order valence-electron chi connectivity index (χ1n) is 6.09. The van der Waals surface area contributed by atoms with Crippen LogP contribution in [0.3, 0.4) is 0 Å². The number of amides is 1. The third-order valence-corrected chi connectivity index (χ3v) is 3.64. The van der Waals surface area contributed by atoms with Crippen LogP contribution in [0.4, 0.5) is 0 Å². The second-order valence-corrected chi connectivity index (χ2v) is 4.63. The highest BCUT2D eigenvalue weighted by Gasteiger charge is 2.38. The monoisotopic (exact) mass is 217 g/mol. The van der Waals surface area contributed by atoms with Gasteiger partial charge in [0.2, 0.25) is 5.91 Å². The van der Waals surface area contributed by atoms with E-state index < -0.39 is 0 Å². The van der Waals surface area contributed by atoms with E-state index in [1.807, 2.05) is 13.0 Å². The Bertz CT molecular complexity index is 354. The summed E-state index contributed by atoms with van der Waals surface area (Å²) in [7, 11) is 0. The molecule has 2 nitrogen and oxygen atoms in total. The summed E-state index contributed by atoms with van der Waals surface area (Å²) in [6.07, 6.45) is 4.24. The molecule has 2 rings (SSSR count). The fourth-order valence-electron chi connectivity index (χ4n) is 2.36. The van der Waals surface area contributed by atoms with E-state index in [0.717, 1.165) is 6.54 Å². The van der Waals surface area contributed by atoms with Crippen molar-refractivity contribution in [1.82, 2.24) is 5.32 Å². The highest BCUT2D eigenvalue weighted by Crippen LogP contribution is 2.43. The summed E-state index contributed by atoms with van der Waals surface area (Å²) in [4.78, 5) is 11.3. The van der Waals surface area contributed by atoms with Crippen molar-refractivity contribution in [3.63, 3.8) is 0 Å². The zero-order valence-electron chi connectivity index (χ0n) is 9.83. The molecule has 1 aromatic rings. The molecule has 0 radical (unpaired) electrons. The third-order valence-electron chi connectivity index (χ3n) is 3.64. The first-order valence-corrected chi connectivity index (χ1v) is 6.09. The lowest BCUT2D eigenvalue weighted by atomic mass is 9.64. The maximum Gasteiger partial charge on any atom is 0.219 e. The molecule has 1 saturated carbocycles. The summed E-state index contributed by atoms with van der Waals surface area (Å²) in [5.74, 6) is 0.155. The summed E-state index contributed by atoms with van der Waals surface area (Å²) in [5.41, 5.74) is 1.59. The molecule has 0 saturated heterocycles. The van der Waals surface area contributed by atoms with Gasteiger partial charge in [0.1, 0.15) is 0 Å². The molecule has 1 N–H and O–H groups in total. The van der Waals surface area contributed by atoms with Crippen LogP contribution in [-0.2, 0) is 10.2 Å². The van der Waals surface area contributed by atoms with Gasteiger partial charge in [-0.1, -0.05) is 43.7 Å². The van der Waals surface area contributed by atoms with Gasteiger partial charge in [0, 0.05) is 18.4 Å². The SMILES string of the molecule is CCC(=O)NCC1(c2ccccc2)CCC1. The maximum absolute atomic E-state index is 11.3. The smallest absolute Gasteiger partial charge is 0.219 e. The molecule has 0 aromatic heterocycles. The Morgan fingerprint density at radius 1 is 1.31 bits per heavy atom. The van der Waals surface area contributed by atoms with Crippen LogP contribution < -0.4 is 5.32 Å². The van der Waals surface area contributed by atoms with Crippen molar-refractivity contribution < 1.29 is 4.79 Å². The van der Waals surface area contributed by atoms with Crippen molar-refractivity contribution in [3.8, 4) is 0 Å². The first kappa shape index (κ1) is 11.2. The number of nitrogens with one attached hydrogen (secondary N) is 1. The molecular formula is C14H19NO. The maximum atomic E-state index is 11.3. The molecule has 16 heavy (non-hydrogen) atoms. The Labute approximate surface area is 97.1 Å². The van der Waals surface area contributed by atoms with Crippen LogP contribution in [0.15, 0.2) is 30.3 Å². The van der Waals surface area contributed by atoms with Gasteiger partial charge in [-0.05, 0) is 18.4 Å². The molecule has 1 fully saturated rings. The van der Waals surface area contributed by atoms with E-state index in [1.54, 1.807) is 0 Å². The molecule has 86 valence electrons. The topological polar surface area (TPSA) is 29.1 Å². The Kier molecular flexibility index (Phi) is 3.28. The summed E-state index contributed by atoms with van der Waals surface area (Å²) in [6.45, 7) is 2.69. The molecular weight excluding hydrogens is 198 g/mol. The van der Waals surface area contributed by atoms with E-state index >= 15 is 0 Å². The van der Waals surface area contributed by atoms with E-state index in [0.29, 0.717) is 6.42 Å². The normalized spacial score (nSPS) is 17.6. The lowest BCUT2D eigenvalue weighted by Crippen LogP contribution is -2.45. The van der Waals surface area contributed by atoms with Gasteiger partial charge in [-0.25, -0.2) is 0 Å². The zero-order chi connectivity index (χ0) is 11.4. The Hall–Kier alpha value is -1.31. The molecule has 1 aliphatic carbocycles. The standard InChI is InChI=1S/C14H19NO/c1-2-13(16)15-11-14(9-6-10-14)12-7-4-3-5-8-12/h3-5,7-8H,2,6,9-11H2,1H3,(H,15,16). The average Bonchev–Trinajstić information content (AvgIpc) is 2.29. The average molecular weight is 217 g/mol. The fourth-order valence-corrected chi connectivity index (χ4v) is 2.36.